The monoisotopic (exact) mass is 443 g/mol. The highest BCUT2D eigenvalue weighted by molar-refractivity contribution is 9.10. The van der Waals surface area contributed by atoms with Crippen molar-refractivity contribution in [2.75, 3.05) is 20.8 Å². The zero-order chi connectivity index (χ0) is 18.9. The van der Waals surface area contributed by atoms with Crippen LogP contribution in [0.1, 0.15) is 24.4 Å². The predicted octanol–water partition coefficient (Wildman–Crippen LogP) is 4.13. The third-order valence-electron chi connectivity index (χ3n) is 4.48. The van der Waals surface area contributed by atoms with Crippen LogP contribution in [0.4, 0.5) is 4.39 Å². The van der Waals surface area contributed by atoms with Gasteiger partial charge in [0.25, 0.3) is 0 Å². The van der Waals surface area contributed by atoms with Gasteiger partial charge in [0.05, 0.1) is 20.3 Å². The maximum Gasteiger partial charge on any atom is 0.244 e. The number of methoxy groups -OCH3 is 2. The molecule has 140 valence electrons. The van der Waals surface area contributed by atoms with Crippen LogP contribution in [0.15, 0.2) is 45.8 Å². The van der Waals surface area contributed by atoms with E-state index in [0.717, 1.165) is 12.0 Å². The summed E-state index contributed by atoms with van der Waals surface area (Å²) < 4.78 is 52.1. The summed E-state index contributed by atoms with van der Waals surface area (Å²) in [5, 5.41) is 0. The van der Waals surface area contributed by atoms with E-state index in [4.69, 9.17) is 9.47 Å². The summed E-state index contributed by atoms with van der Waals surface area (Å²) in [6.45, 7) is 0.408. The molecule has 1 aliphatic heterocycles. The average Bonchev–Trinajstić information content (AvgIpc) is 3.12. The molecule has 0 amide bonds. The fourth-order valence-corrected chi connectivity index (χ4v) is 5.89. The molecule has 0 aromatic heterocycles. The molecule has 5 nitrogen and oxygen atoms in total. The Balaban J connectivity index is 2.03. The van der Waals surface area contributed by atoms with Gasteiger partial charge >= 0.3 is 0 Å². The quantitative estimate of drug-likeness (QED) is 0.696. The first kappa shape index (κ1) is 19.1. The van der Waals surface area contributed by atoms with Crippen molar-refractivity contribution in [1.82, 2.24) is 4.31 Å². The molecular weight excluding hydrogens is 425 g/mol. The van der Waals surface area contributed by atoms with Crippen LogP contribution >= 0.6 is 15.9 Å². The average molecular weight is 444 g/mol. The van der Waals surface area contributed by atoms with Gasteiger partial charge in [-0.05, 0) is 52.5 Å². The summed E-state index contributed by atoms with van der Waals surface area (Å²) in [6, 6.07) is 8.69. The highest BCUT2D eigenvalue weighted by Gasteiger charge is 2.37. The molecule has 0 saturated carbocycles. The summed E-state index contributed by atoms with van der Waals surface area (Å²) in [7, 11) is -0.830. The Bertz CT molecular complexity index is 902. The van der Waals surface area contributed by atoms with Crippen LogP contribution in [0.2, 0.25) is 0 Å². The molecule has 1 fully saturated rings. The molecule has 0 N–H and O–H groups in total. The fraction of sp³-hybridized carbons (Fsp3) is 0.333. The Morgan fingerprint density at radius 2 is 1.73 bits per heavy atom. The van der Waals surface area contributed by atoms with Gasteiger partial charge < -0.3 is 9.47 Å². The maximum absolute atomic E-state index is 13.3. The first-order chi connectivity index (χ1) is 12.4. The second-order valence-electron chi connectivity index (χ2n) is 5.96. The molecule has 1 unspecified atom stereocenters. The molecule has 1 saturated heterocycles. The standard InChI is InChI=1S/C18H19BrFNO4S/c1-24-16-10-14(19)18(11-17(16)25-2)26(22,23)21-9-3-4-15(21)12-5-7-13(20)8-6-12/h5-8,10-11,15H,3-4,9H2,1-2H3. The van der Waals surface area contributed by atoms with Crippen LogP contribution in [-0.2, 0) is 10.0 Å². The molecule has 0 spiro atoms. The Morgan fingerprint density at radius 3 is 2.35 bits per heavy atom. The molecule has 1 aliphatic rings. The SMILES string of the molecule is COc1cc(Br)c(S(=O)(=O)N2CCCC2c2ccc(F)cc2)cc1OC. The van der Waals surface area contributed by atoms with Crippen LogP contribution in [0.25, 0.3) is 0 Å². The Kier molecular flexibility index (Phi) is 5.55. The number of sulfonamides is 1. The topological polar surface area (TPSA) is 55.8 Å². The minimum absolute atomic E-state index is 0.115. The van der Waals surface area contributed by atoms with Gasteiger partial charge in [-0.2, -0.15) is 4.31 Å². The largest absolute Gasteiger partial charge is 0.493 e. The second-order valence-corrected chi connectivity index (χ2v) is 8.68. The van der Waals surface area contributed by atoms with E-state index in [0.29, 0.717) is 28.9 Å². The van der Waals surface area contributed by atoms with Crippen molar-refractivity contribution in [1.29, 1.82) is 0 Å². The van der Waals surface area contributed by atoms with Gasteiger partial charge in [0, 0.05) is 17.1 Å². The van der Waals surface area contributed by atoms with Crippen molar-refractivity contribution in [3.63, 3.8) is 0 Å². The first-order valence-corrected chi connectivity index (χ1v) is 10.3. The summed E-state index contributed by atoms with van der Waals surface area (Å²) in [5.74, 6) is 0.436. The lowest BCUT2D eigenvalue weighted by molar-refractivity contribution is 0.352. The van der Waals surface area contributed by atoms with Gasteiger partial charge in [-0.3, -0.25) is 0 Å². The highest BCUT2D eigenvalue weighted by Crippen LogP contribution is 2.41. The number of benzene rings is 2. The maximum atomic E-state index is 13.3. The van der Waals surface area contributed by atoms with E-state index in [1.165, 1.54) is 36.7 Å². The van der Waals surface area contributed by atoms with Gasteiger partial charge in [0.2, 0.25) is 10.0 Å². The van der Waals surface area contributed by atoms with Crippen molar-refractivity contribution >= 4 is 26.0 Å². The summed E-state index contributed by atoms with van der Waals surface area (Å²) in [6.07, 6.45) is 1.43. The molecule has 2 aromatic rings. The third-order valence-corrected chi connectivity index (χ3v) is 7.35. The van der Waals surface area contributed by atoms with E-state index in [1.54, 1.807) is 18.2 Å². The van der Waals surface area contributed by atoms with Crippen molar-refractivity contribution < 1.29 is 22.3 Å². The van der Waals surface area contributed by atoms with Gasteiger partial charge in [0.1, 0.15) is 10.7 Å². The van der Waals surface area contributed by atoms with Crippen LogP contribution < -0.4 is 9.47 Å². The van der Waals surface area contributed by atoms with Gasteiger partial charge in [-0.15, -0.1) is 0 Å². The lowest BCUT2D eigenvalue weighted by Crippen LogP contribution is -2.31. The van der Waals surface area contributed by atoms with Crippen molar-refractivity contribution in [3.05, 3.63) is 52.3 Å². The van der Waals surface area contributed by atoms with Crippen LogP contribution in [0.3, 0.4) is 0 Å². The van der Waals surface area contributed by atoms with E-state index in [9.17, 15) is 12.8 Å². The van der Waals surface area contributed by atoms with E-state index in [2.05, 4.69) is 15.9 Å². The van der Waals surface area contributed by atoms with Crippen molar-refractivity contribution in [2.24, 2.45) is 0 Å². The number of rotatable bonds is 5. The molecule has 0 radical (unpaired) electrons. The van der Waals surface area contributed by atoms with Crippen molar-refractivity contribution in [2.45, 2.75) is 23.8 Å². The van der Waals surface area contributed by atoms with Crippen LogP contribution in [-0.4, -0.2) is 33.5 Å². The minimum Gasteiger partial charge on any atom is -0.493 e. The number of ether oxygens (including phenoxy) is 2. The smallest absolute Gasteiger partial charge is 0.244 e. The van der Waals surface area contributed by atoms with E-state index in [1.807, 2.05) is 0 Å². The predicted molar refractivity (Wildman–Crippen MR) is 99.5 cm³/mol. The van der Waals surface area contributed by atoms with Gasteiger partial charge in [0.15, 0.2) is 11.5 Å². The van der Waals surface area contributed by atoms with Crippen molar-refractivity contribution in [3.8, 4) is 11.5 Å². The molecule has 1 heterocycles. The van der Waals surface area contributed by atoms with Crippen LogP contribution in [0.5, 0.6) is 11.5 Å². The molecular formula is C18H19BrFNO4S. The lowest BCUT2D eigenvalue weighted by Gasteiger charge is -2.25. The van der Waals surface area contributed by atoms with E-state index in [-0.39, 0.29) is 16.8 Å². The van der Waals surface area contributed by atoms with Gasteiger partial charge in [-0.25, -0.2) is 12.8 Å². The zero-order valence-electron chi connectivity index (χ0n) is 14.4. The fourth-order valence-electron chi connectivity index (χ4n) is 3.21. The molecule has 0 aliphatic carbocycles. The van der Waals surface area contributed by atoms with Crippen LogP contribution in [0, 0.1) is 5.82 Å². The molecule has 26 heavy (non-hydrogen) atoms. The molecule has 1 atom stereocenters. The summed E-state index contributed by atoms with van der Waals surface area (Å²) >= 11 is 3.33. The third kappa shape index (κ3) is 3.45. The Labute approximate surface area is 160 Å². The second kappa shape index (κ2) is 7.54. The Hall–Kier alpha value is -1.64. The molecule has 0 bridgehead atoms. The summed E-state index contributed by atoms with van der Waals surface area (Å²) in [4.78, 5) is 0.115. The molecule has 3 rings (SSSR count). The first-order valence-electron chi connectivity index (χ1n) is 8.07. The highest BCUT2D eigenvalue weighted by atomic mass is 79.9. The zero-order valence-corrected chi connectivity index (χ0v) is 16.8. The molecule has 8 heteroatoms. The minimum atomic E-state index is -3.78. The number of nitrogens with zero attached hydrogens (tertiary/aromatic N) is 1. The number of halogens is 2. The van der Waals surface area contributed by atoms with E-state index < -0.39 is 10.0 Å². The van der Waals surface area contributed by atoms with Gasteiger partial charge in [-0.1, -0.05) is 12.1 Å². The van der Waals surface area contributed by atoms with E-state index >= 15 is 0 Å². The molecule has 2 aromatic carbocycles. The summed E-state index contributed by atoms with van der Waals surface area (Å²) in [5.41, 5.74) is 0.782. The Morgan fingerprint density at radius 1 is 1.12 bits per heavy atom. The lowest BCUT2D eigenvalue weighted by atomic mass is 10.1. The number of hydrogen-bond acceptors (Lipinski definition) is 4. The number of hydrogen-bond donors (Lipinski definition) is 0. The normalized spacial score (nSPS) is 18.1.